The van der Waals surface area contributed by atoms with Crippen LogP contribution in [0.25, 0.3) is 0 Å². The van der Waals surface area contributed by atoms with Gasteiger partial charge in [-0.05, 0) is 31.0 Å². The van der Waals surface area contributed by atoms with Gasteiger partial charge in [-0.1, -0.05) is 43.5 Å². The molecule has 0 saturated heterocycles. The van der Waals surface area contributed by atoms with Crippen molar-refractivity contribution in [3.05, 3.63) is 34.9 Å². The Morgan fingerprint density at radius 2 is 2.14 bits per heavy atom. The molecule has 1 nitrogen and oxygen atoms in total. The normalized spacial score (nSPS) is 15.1. The molecule has 1 aromatic rings. The quantitative estimate of drug-likeness (QED) is 0.808. The lowest BCUT2D eigenvalue weighted by atomic mass is 9.88. The SMILES string of the molecule is CCCCC(C)(N)c1cccc(Cl)c1. The molecule has 2 N–H and O–H groups in total. The van der Waals surface area contributed by atoms with E-state index >= 15 is 0 Å². The topological polar surface area (TPSA) is 26.0 Å². The lowest BCUT2D eigenvalue weighted by Crippen LogP contribution is -2.32. The van der Waals surface area contributed by atoms with Crippen LogP contribution < -0.4 is 5.73 Å². The summed E-state index contributed by atoms with van der Waals surface area (Å²) in [6, 6.07) is 7.83. The van der Waals surface area contributed by atoms with E-state index in [1.807, 2.05) is 24.3 Å². The first-order chi connectivity index (χ1) is 6.56. The Hall–Kier alpha value is -0.530. The van der Waals surface area contributed by atoms with Crippen molar-refractivity contribution in [2.75, 3.05) is 0 Å². The maximum atomic E-state index is 6.23. The number of unbranched alkanes of at least 4 members (excludes halogenated alkanes) is 1. The van der Waals surface area contributed by atoms with Crippen molar-refractivity contribution in [1.29, 1.82) is 0 Å². The molecule has 0 bridgehead atoms. The second kappa shape index (κ2) is 4.81. The molecular formula is C12H18ClN. The molecule has 1 aromatic carbocycles. The van der Waals surface area contributed by atoms with Gasteiger partial charge in [0.2, 0.25) is 0 Å². The van der Waals surface area contributed by atoms with Crippen LogP contribution in [0, 0.1) is 0 Å². The summed E-state index contributed by atoms with van der Waals surface area (Å²) in [5, 5.41) is 0.760. The lowest BCUT2D eigenvalue weighted by molar-refractivity contribution is 0.433. The summed E-state index contributed by atoms with van der Waals surface area (Å²) in [6.45, 7) is 4.24. The molecule has 1 rings (SSSR count). The van der Waals surface area contributed by atoms with Crippen LogP contribution >= 0.6 is 11.6 Å². The van der Waals surface area contributed by atoms with Gasteiger partial charge in [0.25, 0.3) is 0 Å². The van der Waals surface area contributed by atoms with Gasteiger partial charge in [-0.2, -0.15) is 0 Å². The average molecular weight is 212 g/mol. The number of benzene rings is 1. The van der Waals surface area contributed by atoms with Crippen LogP contribution in [-0.4, -0.2) is 0 Å². The van der Waals surface area contributed by atoms with Gasteiger partial charge < -0.3 is 5.73 Å². The van der Waals surface area contributed by atoms with Crippen LogP contribution in [0.2, 0.25) is 5.02 Å². The minimum Gasteiger partial charge on any atom is -0.322 e. The van der Waals surface area contributed by atoms with E-state index in [1.165, 1.54) is 6.42 Å². The zero-order valence-corrected chi connectivity index (χ0v) is 9.64. The van der Waals surface area contributed by atoms with E-state index in [0.717, 1.165) is 23.4 Å². The molecule has 0 amide bonds. The molecule has 0 aliphatic rings. The number of hydrogen-bond donors (Lipinski definition) is 1. The average Bonchev–Trinajstić information content (AvgIpc) is 2.15. The molecule has 0 aliphatic carbocycles. The molecule has 1 atom stereocenters. The van der Waals surface area contributed by atoms with Crippen molar-refractivity contribution in [2.24, 2.45) is 5.73 Å². The number of rotatable bonds is 4. The van der Waals surface area contributed by atoms with Crippen molar-refractivity contribution >= 4 is 11.6 Å². The van der Waals surface area contributed by atoms with E-state index in [4.69, 9.17) is 17.3 Å². The highest BCUT2D eigenvalue weighted by Crippen LogP contribution is 2.25. The van der Waals surface area contributed by atoms with E-state index in [0.29, 0.717) is 0 Å². The molecule has 1 unspecified atom stereocenters. The van der Waals surface area contributed by atoms with Crippen LogP contribution in [0.5, 0.6) is 0 Å². The highest BCUT2D eigenvalue weighted by molar-refractivity contribution is 6.30. The standard InChI is InChI=1S/C12H18ClN/c1-3-4-8-12(2,14)10-6-5-7-11(13)9-10/h5-7,9H,3-4,8,14H2,1-2H3. The van der Waals surface area contributed by atoms with Gasteiger partial charge in [0, 0.05) is 10.6 Å². The summed E-state index contributed by atoms with van der Waals surface area (Å²) in [6.07, 6.45) is 3.33. The van der Waals surface area contributed by atoms with Gasteiger partial charge in [-0.15, -0.1) is 0 Å². The largest absolute Gasteiger partial charge is 0.322 e. The third kappa shape index (κ3) is 3.00. The second-order valence-electron chi connectivity index (χ2n) is 4.03. The van der Waals surface area contributed by atoms with Gasteiger partial charge in [0.15, 0.2) is 0 Å². The minimum absolute atomic E-state index is 0.249. The van der Waals surface area contributed by atoms with E-state index in [1.54, 1.807) is 0 Å². The van der Waals surface area contributed by atoms with Gasteiger partial charge in [-0.25, -0.2) is 0 Å². The monoisotopic (exact) mass is 211 g/mol. The van der Waals surface area contributed by atoms with Gasteiger partial charge >= 0.3 is 0 Å². The summed E-state index contributed by atoms with van der Waals surface area (Å²) < 4.78 is 0. The highest BCUT2D eigenvalue weighted by Gasteiger charge is 2.20. The van der Waals surface area contributed by atoms with Crippen molar-refractivity contribution < 1.29 is 0 Å². The minimum atomic E-state index is -0.249. The molecule has 2 heteroatoms. The van der Waals surface area contributed by atoms with Crippen LogP contribution in [0.15, 0.2) is 24.3 Å². The van der Waals surface area contributed by atoms with Crippen LogP contribution in [0.4, 0.5) is 0 Å². The van der Waals surface area contributed by atoms with E-state index < -0.39 is 0 Å². The summed E-state index contributed by atoms with van der Waals surface area (Å²) in [4.78, 5) is 0. The Morgan fingerprint density at radius 3 is 2.71 bits per heavy atom. The van der Waals surface area contributed by atoms with E-state index in [9.17, 15) is 0 Å². The number of halogens is 1. The Morgan fingerprint density at radius 1 is 1.43 bits per heavy atom. The maximum Gasteiger partial charge on any atom is 0.0409 e. The Kier molecular flexibility index (Phi) is 3.97. The fourth-order valence-electron chi connectivity index (χ4n) is 1.53. The first-order valence-corrected chi connectivity index (χ1v) is 5.49. The number of hydrogen-bond acceptors (Lipinski definition) is 1. The number of nitrogens with two attached hydrogens (primary N) is 1. The molecular weight excluding hydrogens is 194 g/mol. The molecule has 0 fully saturated rings. The zero-order chi connectivity index (χ0) is 10.6. The van der Waals surface area contributed by atoms with Gasteiger partial charge in [0.1, 0.15) is 0 Å². The van der Waals surface area contributed by atoms with Crippen molar-refractivity contribution in [3.63, 3.8) is 0 Å². The first kappa shape index (κ1) is 11.5. The molecule has 0 saturated carbocycles. The third-order valence-electron chi connectivity index (χ3n) is 2.53. The summed E-state index contributed by atoms with van der Waals surface area (Å²) >= 11 is 5.93. The predicted octanol–water partition coefficient (Wildman–Crippen LogP) is 3.70. The van der Waals surface area contributed by atoms with Crippen molar-refractivity contribution in [1.82, 2.24) is 0 Å². The third-order valence-corrected chi connectivity index (χ3v) is 2.77. The zero-order valence-electron chi connectivity index (χ0n) is 8.89. The first-order valence-electron chi connectivity index (χ1n) is 5.11. The van der Waals surface area contributed by atoms with Crippen LogP contribution in [0.3, 0.4) is 0 Å². The molecule has 0 spiro atoms. The lowest BCUT2D eigenvalue weighted by Gasteiger charge is -2.25. The fraction of sp³-hybridized carbons (Fsp3) is 0.500. The van der Waals surface area contributed by atoms with E-state index in [-0.39, 0.29) is 5.54 Å². The van der Waals surface area contributed by atoms with Crippen molar-refractivity contribution in [3.8, 4) is 0 Å². The fourth-order valence-corrected chi connectivity index (χ4v) is 1.72. The molecule has 0 aromatic heterocycles. The molecule has 78 valence electrons. The van der Waals surface area contributed by atoms with Crippen LogP contribution in [-0.2, 0) is 5.54 Å². The van der Waals surface area contributed by atoms with Crippen molar-refractivity contribution in [2.45, 2.75) is 38.6 Å². The summed E-state index contributed by atoms with van der Waals surface area (Å²) in [5.41, 5.74) is 7.11. The Balaban J connectivity index is 2.80. The summed E-state index contributed by atoms with van der Waals surface area (Å²) in [7, 11) is 0. The molecule has 0 radical (unpaired) electrons. The van der Waals surface area contributed by atoms with Gasteiger partial charge in [0.05, 0.1) is 0 Å². The van der Waals surface area contributed by atoms with E-state index in [2.05, 4.69) is 13.8 Å². The molecule has 14 heavy (non-hydrogen) atoms. The predicted molar refractivity (Wildman–Crippen MR) is 62.5 cm³/mol. The highest BCUT2D eigenvalue weighted by atomic mass is 35.5. The molecule has 0 heterocycles. The smallest absolute Gasteiger partial charge is 0.0409 e. The summed E-state index contributed by atoms with van der Waals surface area (Å²) in [5.74, 6) is 0. The van der Waals surface area contributed by atoms with Crippen LogP contribution in [0.1, 0.15) is 38.7 Å². The molecule has 0 aliphatic heterocycles. The second-order valence-corrected chi connectivity index (χ2v) is 4.47. The Bertz CT molecular complexity index is 294. The Labute approximate surface area is 91.3 Å². The van der Waals surface area contributed by atoms with Gasteiger partial charge in [-0.3, -0.25) is 0 Å². The maximum absolute atomic E-state index is 6.23.